The summed E-state index contributed by atoms with van der Waals surface area (Å²) >= 11 is 0. The van der Waals surface area contributed by atoms with Gasteiger partial charge in [0.1, 0.15) is 22.7 Å². The van der Waals surface area contributed by atoms with Crippen LogP contribution in [0.5, 0.6) is 0 Å². The van der Waals surface area contributed by atoms with Gasteiger partial charge in [0, 0.05) is 43.7 Å². The van der Waals surface area contributed by atoms with Crippen molar-refractivity contribution in [2.24, 2.45) is 0 Å². The fourth-order valence-electron chi connectivity index (χ4n) is 5.30. The number of carbonyl (C=O) groups is 1. The normalized spacial score (nSPS) is 14.2. The molecule has 7 heteroatoms. The Morgan fingerprint density at radius 1 is 0.923 bits per heavy atom. The average molecular weight is 520 g/mol. The van der Waals surface area contributed by atoms with Crippen LogP contribution in [0.25, 0.3) is 33.1 Å². The van der Waals surface area contributed by atoms with E-state index in [1.807, 2.05) is 48.2 Å². The standard InChI is InChI=1S/C32H33N5O2/c1-3-4-10-27-33-30(36-17-7-18-37(20-19-36)32(38)24-13-11-22(2)12-14-24)28-29(35-39-31(28)34-27)26-16-15-23-8-5-6-9-25(23)21-26/h5-6,8-9,11-16,21H,3-4,7,10,17-20H2,1-2H3. The highest BCUT2D eigenvalue weighted by Crippen LogP contribution is 2.35. The third-order valence-electron chi connectivity index (χ3n) is 7.52. The van der Waals surface area contributed by atoms with Crippen molar-refractivity contribution >= 4 is 33.6 Å². The van der Waals surface area contributed by atoms with Crippen molar-refractivity contribution in [2.45, 2.75) is 39.5 Å². The Balaban J connectivity index is 1.36. The fourth-order valence-corrected chi connectivity index (χ4v) is 5.30. The molecule has 1 aliphatic heterocycles. The van der Waals surface area contributed by atoms with Gasteiger partial charge in [0.05, 0.1) is 0 Å². The molecule has 6 rings (SSSR count). The smallest absolute Gasteiger partial charge is 0.263 e. The molecule has 0 spiro atoms. The molecule has 0 saturated carbocycles. The van der Waals surface area contributed by atoms with Crippen molar-refractivity contribution in [3.8, 4) is 11.3 Å². The second-order valence-corrected chi connectivity index (χ2v) is 10.3. The molecule has 0 aliphatic carbocycles. The van der Waals surface area contributed by atoms with Crippen LogP contribution in [0.2, 0.25) is 0 Å². The van der Waals surface area contributed by atoms with Crippen molar-refractivity contribution in [1.82, 2.24) is 20.0 Å². The minimum atomic E-state index is 0.0788. The van der Waals surface area contributed by atoms with Crippen molar-refractivity contribution in [3.05, 3.63) is 83.7 Å². The third kappa shape index (κ3) is 5.09. The predicted octanol–water partition coefficient (Wildman–Crippen LogP) is 6.44. The maximum absolute atomic E-state index is 13.3. The van der Waals surface area contributed by atoms with Gasteiger partial charge < -0.3 is 14.3 Å². The van der Waals surface area contributed by atoms with Crippen LogP contribution in [0.3, 0.4) is 0 Å². The molecule has 2 aromatic heterocycles. The molecule has 7 nitrogen and oxygen atoms in total. The van der Waals surface area contributed by atoms with Gasteiger partial charge in [-0.25, -0.2) is 4.98 Å². The van der Waals surface area contributed by atoms with E-state index >= 15 is 0 Å². The number of aryl methyl sites for hydroxylation is 2. The van der Waals surface area contributed by atoms with Crippen LogP contribution >= 0.6 is 0 Å². The van der Waals surface area contributed by atoms with Crippen LogP contribution in [0.1, 0.15) is 47.9 Å². The van der Waals surface area contributed by atoms with Gasteiger partial charge in [-0.05, 0) is 48.7 Å². The number of anilines is 1. The van der Waals surface area contributed by atoms with Gasteiger partial charge in [0.15, 0.2) is 0 Å². The first kappa shape index (κ1) is 25.0. The van der Waals surface area contributed by atoms with Crippen LogP contribution < -0.4 is 4.90 Å². The van der Waals surface area contributed by atoms with E-state index in [0.29, 0.717) is 25.3 Å². The SMILES string of the molecule is CCCCc1nc(N2CCCN(C(=O)c3ccc(C)cc3)CC2)c2c(-c3ccc4ccccc4c3)noc2n1. The number of benzene rings is 3. The molecule has 1 aliphatic rings. The lowest BCUT2D eigenvalue weighted by Crippen LogP contribution is -2.35. The maximum Gasteiger partial charge on any atom is 0.263 e. The quantitative estimate of drug-likeness (QED) is 0.257. The Morgan fingerprint density at radius 3 is 2.56 bits per heavy atom. The highest BCUT2D eigenvalue weighted by Gasteiger charge is 2.26. The number of aromatic nitrogens is 3. The zero-order chi connectivity index (χ0) is 26.8. The topological polar surface area (TPSA) is 75.4 Å². The lowest BCUT2D eigenvalue weighted by atomic mass is 10.0. The second kappa shape index (κ2) is 10.8. The van der Waals surface area contributed by atoms with E-state index in [9.17, 15) is 4.79 Å². The molecular formula is C32H33N5O2. The Labute approximate surface area is 228 Å². The summed E-state index contributed by atoms with van der Waals surface area (Å²) in [6.07, 6.45) is 3.71. The number of rotatable bonds is 6. The molecule has 1 amide bonds. The van der Waals surface area contributed by atoms with Gasteiger partial charge in [0.25, 0.3) is 11.6 Å². The molecule has 0 atom stereocenters. The van der Waals surface area contributed by atoms with E-state index in [1.165, 1.54) is 5.39 Å². The van der Waals surface area contributed by atoms with E-state index < -0.39 is 0 Å². The Hall–Kier alpha value is -4.26. The summed E-state index contributed by atoms with van der Waals surface area (Å²) in [6.45, 7) is 7.01. The highest BCUT2D eigenvalue weighted by molar-refractivity contribution is 6.00. The molecular weight excluding hydrogens is 486 g/mol. The first-order valence-corrected chi connectivity index (χ1v) is 13.9. The van der Waals surface area contributed by atoms with Crippen LogP contribution in [0.15, 0.2) is 71.3 Å². The molecule has 39 heavy (non-hydrogen) atoms. The van der Waals surface area contributed by atoms with Gasteiger partial charge in [-0.15, -0.1) is 0 Å². The zero-order valence-corrected chi connectivity index (χ0v) is 22.6. The number of unbranched alkanes of at least 4 members (excludes halogenated alkanes) is 1. The fraction of sp³-hybridized carbons (Fsp3) is 0.312. The summed E-state index contributed by atoms with van der Waals surface area (Å²) in [4.78, 5) is 27.3. The summed E-state index contributed by atoms with van der Waals surface area (Å²) in [5, 5.41) is 7.66. The van der Waals surface area contributed by atoms with Crippen molar-refractivity contribution < 1.29 is 9.32 Å². The van der Waals surface area contributed by atoms with Crippen molar-refractivity contribution in [2.75, 3.05) is 31.1 Å². The van der Waals surface area contributed by atoms with Gasteiger partial charge in [0.2, 0.25) is 0 Å². The van der Waals surface area contributed by atoms with E-state index in [2.05, 4.69) is 47.3 Å². The summed E-state index contributed by atoms with van der Waals surface area (Å²) in [7, 11) is 0. The van der Waals surface area contributed by atoms with Gasteiger partial charge in [-0.2, -0.15) is 4.98 Å². The summed E-state index contributed by atoms with van der Waals surface area (Å²) in [6, 6.07) is 22.5. The molecule has 1 fully saturated rings. The third-order valence-corrected chi connectivity index (χ3v) is 7.52. The van der Waals surface area contributed by atoms with E-state index in [0.717, 1.165) is 77.0 Å². The molecule has 0 unspecified atom stereocenters. The van der Waals surface area contributed by atoms with Crippen LogP contribution in [-0.2, 0) is 6.42 Å². The van der Waals surface area contributed by atoms with E-state index in [4.69, 9.17) is 14.5 Å². The van der Waals surface area contributed by atoms with Gasteiger partial charge in [-0.1, -0.05) is 72.6 Å². The van der Waals surface area contributed by atoms with Crippen LogP contribution in [0, 0.1) is 6.92 Å². The van der Waals surface area contributed by atoms with Crippen LogP contribution in [-0.4, -0.2) is 52.1 Å². The number of carbonyl (C=O) groups excluding carboxylic acids is 1. The minimum Gasteiger partial charge on any atom is -0.354 e. The average Bonchev–Trinajstić information content (AvgIpc) is 3.24. The molecule has 0 N–H and O–H groups in total. The molecule has 0 radical (unpaired) electrons. The number of fused-ring (bicyclic) bond motifs is 2. The lowest BCUT2D eigenvalue weighted by molar-refractivity contribution is 0.0767. The van der Waals surface area contributed by atoms with Gasteiger partial charge >= 0.3 is 0 Å². The molecule has 3 aromatic carbocycles. The van der Waals surface area contributed by atoms with Gasteiger partial charge in [-0.3, -0.25) is 4.79 Å². The molecule has 1 saturated heterocycles. The molecule has 5 aromatic rings. The number of hydrogen-bond acceptors (Lipinski definition) is 6. The Bertz CT molecular complexity index is 1630. The monoisotopic (exact) mass is 519 g/mol. The minimum absolute atomic E-state index is 0.0788. The maximum atomic E-state index is 13.3. The molecule has 198 valence electrons. The number of hydrogen-bond donors (Lipinski definition) is 0. The largest absolute Gasteiger partial charge is 0.354 e. The second-order valence-electron chi connectivity index (χ2n) is 10.3. The first-order chi connectivity index (χ1) is 19.1. The van der Waals surface area contributed by atoms with E-state index in [-0.39, 0.29) is 5.91 Å². The summed E-state index contributed by atoms with van der Waals surface area (Å²) in [5.74, 6) is 1.70. The summed E-state index contributed by atoms with van der Waals surface area (Å²) < 4.78 is 5.83. The highest BCUT2D eigenvalue weighted by atomic mass is 16.5. The number of nitrogens with zero attached hydrogens (tertiary/aromatic N) is 5. The van der Waals surface area contributed by atoms with Crippen molar-refractivity contribution in [1.29, 1.82) is 0 Å². The predicted molar refractivity (Wildman–Crippen MR) is 155 cm³/mol. The Kier molecular flexibility index (Phi) is 6.97. The van der Waals surface area contributed by atoms with Crippen molar-refractivity contribution in [3.63, 3.8) is 0 Å². The zero-order valence-electron chi connectivity index (χ0n) is 22.6. The Morgan fingerprint density at radius 2 is 1.74 bits per heavy atom. The summed E-state index contributed by atoms with van der Waals surface area (Å²) in [5.41, 5.74) is 4.13. The number of amides is 1. The van der Waals surface area contributed by atoms with Crippen LogP contribution in [0.4, 0.5) is 5.82 Å². The molecule has 0 bridgehead atoms. The molecule has 3 heterocycles. The first-order valence-electron chi connectivity index (χ1n) is 13.9. The lowest BCUT2D eigenvalue weighted by Gasteiger charge is -2.24. The van der Waals surface area contributed by atoms with E-state index in [1.54, 1.807) is 0 Å².